The first-order chi connectivity index (χ1) is 20.0. The molecule has 1 fully saturated rings. The van der Waals surface area contributed by atoms with E-state index in [1.807, 2.05) is 0 Å². The van der Waals surface area contributed by atoms with E-state index >= 15 is 4.39 Å². The van der Waals surface area contributed by atoms with Crippen molar-refractivity contribution in [3.05, 3.63) is 73.0 Å². The molecule has 0 aliphatic heterocycles. The number of imidazole rings is 1. The smallest absolute Gasteiger partial charge is 0.227 e. The van der Waals surface area contributed by atoms with E-state index in [1.165, 1.54) is 24.5 Å². The van der Waals surface area contributed by atoms with Gasteiger partial charge < -0.3 is 10.3 Å². The van der Waals surface area contributed by atoms with Crippen molar-refractivity contribution >= 4 is 33.5 Å². The third kappa shape index (κ3) is 4.58. The van der Waals surface area contributed by atoms with Gasteiger partial charge >= 0.3 is 0 Å². The lowest BCUT2D eigenvalue weighted by atomic mass is 9.88. The van der Waals surface area contributed by atoms with Gasteiger partial charge in [0.05, 0.1) is 40.7 Å². The topological polar surface area (TPSA) is 125 Å². The maximum Gasteiger partial charge on any atom is 0.227 e. The van der Waals surface area contributed by atoms with Gasteiger partial charge in [-0.05, 0) is 36.6 Å². The van der Waals surface area contributed by atoms with Crippen LogP contribution in [0.15, 0.2) is 61.3 Å². The summed E-state index contributed by atoms with van der Waals surface area (Å²) < 4.78 is 30.0. The van der Waals surface area contributed by atoms with Gasteiger partial charge in [0.15, 0.2) is 11.6 Å². The van der Waals surface area contributed by atoms with E-state index in [-0.39, 0.29) is 28.7 Å². The number of nitrogens with zero attached hydrogens (tertiary/aromatic N) is 5. The van der Waals surface area contributed by atoms with Crippen molar-refractivity contribution in [2.45, 2.75) is 32.1 Å². The molecule has 1 amide bonds. The van der Waals surface area contributed by atoms with Crippen LogP contribution in [0.1, 0.15) is 32.1 Å². The van der Waals surface area contributed by atoms with E-state index in [4.69, 9.17) is 4.98 Å². The number of fused-ring (bicyclic) bond motifs is 2. The van der Waals surface area contributed by atoms with Gasteiger partial charge in [-0.15, -0.1) is 0 Å². The minimum atomic E-state index is -0.604. The molecular formula is C30H24F2N8O. The molecule has 0 spiro atoms. The molecule has 0 radical (unpaired) electrons. The van der Waals surface area contributed by atoms with Crippen LogP contribution in [-0.2, 0) is 4.79 Å². The summed E-state index contributed by atoms with van der Waals surface area (Å²) in [5.41, 5.74) is 4.04. The van der Waals surface area contributed by atoms with Crippen LogP contribution in [0.25, 0.3) is 55.8 Å². The minimum Gasteiger partial charge on any atom is -0.335 e. The van der Waals surface area contributed by atoms with Crippen molar-refractivity contribution in [2.75, 3.05) is 5.32 Å². The van der Waals surface area contributed by atoms with Gasteiger partial charge in [0.1, 0.15) is 22.7 Å². The van der Waals surface area contributed by atoms with Crippen molar-refractivity contribution in [3.63, 3.8) is 0 Å². The molecular weight excluding hydrogens is 526 g/mol. The number of amides is 1. The van der Waals surface area contributed by atoms with E-state index < -0.39 is 5.82 Å². The first kappa shape index (κ1) is 24.9. The van der Waals surface area contributed by atoms with Crippen LogP contribution >= 0.6 is 0 Å². The van der Waals surface area contributed by atoms with Crippen molar-refractivity contribution in [1.82, 2.24) is 35.1 Å². The zero-order chi connectivity index (χ0) is 27.9. The minimum absolute atomic E-state index is 0.0208. The number of hydrogen-bond donors (Lipinski definition) is 3. The lowest BCUT2D eigenvalue weighted by molar-refractivity contribution is -0.120. The van der Waals surface area contributed by atoms with E-state index in [2.05, 4.69) is 35.5 Å². The second-order valence-corrected chi connectivity index (χ2v) is 10.2. The SMILES string of the molecule is O=C(Nc1cncc(-c2ncc3n[nH]c(-c4nc5c(-c6cccc(F)c6)cncc5[nH]4)c3c2F)c1)C1CCCCC1. The summed E-state index contributed by atoms with van der Waals surface area (Å²) in [5, 5.41) is 10.2. The number of anilines is 1. The number of rotatable bonds is 5. The molecule has 0 atom stereocenters. The van der Waals surface area contributed by atoms with E-state index in [0.717, 1.165) is 32.1 Å². The fourth-order valence-electron chi connectivity index (χ4n) is 5.51. The van der Waals surface area contributed by atoms with E-state index in [0.29, 0.717) is 50.4 Å². The van der Waals surface area contributed by atoms with Crippen LogP contribution in [0, 0.1) is 17.6 Å². The molecule has 3 N–H and O–H groups in total. The standard InChI is InChI=1S/C30H24F2N8O/c31-19-8-4-7-17(9-19)21-13-34-14-23-27(21)38-29(37-23)28-24-22(39-40-28)15-35-26(25(24)32)18-10-20(12-33-11-18)36-30(41)16-5-2-1-3-6-16/h4,7-16H,1-3,5-6H2,(H,36,41)(H,37,38)(H,39,40). The van der Waals surface area contributed by atoms with Crippen LogP contribution in [-0.4, -0.2) is 41.0 Å². The van der Waals surface area contributed by atoms with Gasteiger partial charge in [-0.1, -0.05) is 31.4 Å². The number of pyridine rings is 3. The zero-order valence-electron chi connectivity index (χ0n) is 21.8. The summed E-state index contributed by atoms with van der Waals surface area (Å²) >= 11 is 0. The Labute approximate surface area is 232 Å². The summed E-state index contributed by atoms with van der Waals surface area (Å²) in [7, 11) is 0. The molecule has 11 heteroatoms. The zero-order valence-corrected chi connectivity index (χ0v) is 21.8. The molecule has 1 saturated carbocycles. The molecule has 5 aromatic heterocycles. The second-order valence-electron chi connectivity index (χ2n) is 10.2. The maximum atomic E-state index is 16.1. The molecule has 7 rings (SSSR count). The Balaban J connectivity index is 1.26. The fourth-order valence-corrected chi connectivity index (χ4v) is 5.51. The largest absolute Gasteiger partial charge is 0.335 e. The third-order valence-corrected chi connectivity index (χ3v) is 7.56. The highest BCUT2D eigenvalue weighted by Crippen LogP contribution is 2.35. The quantitative estimate of drug-likeness (QED) is 0.227. The van der Waals surface area contributed by atoms with Crippen molar-refractivity contribution in [3.8, 4) is 33.9 Å². The van der Waals surface area contributed by atoms with Crippen molar-refractivity contribution < 1.29 is 13.6 Å². The first-order valence-electron chi connectivity index (χ1n) is 13.4. The third-order valence-electron chi connectivity index (χ3n) is 7.56. The average molecular weight is 551 g/mol. The normalized spacial score (nSPS) is 14.1. The molecule has 41 heavy (non-hydrogen) atoms. The molecule has 5 heterocycles. The van der Waals surface area contributed by atoms with Gasteiger partial charge in [-0.3, -0.25) is 24.8 Å². The Morgan fingerprint density at radius 2 is 1.80 bits per heavy atom. The first-order valence-corrected chi connectivity index (χ1v) is 13.4. The molecule has 9 nitrogen and oxygen atoms in total. The number of carbonyl (C=O) groups is 1. The molecule has 204 valence electrons. The Hall–Kier alpha value is -5.06. The number of carbonyl (C=O) groups excluding carboxylic acids is 1. The molecule has 1 aromatic carbocycles. The Bertz CT molecular complexity index is 1930. The Kier molecular flexibility index (Phi) is 6.18. The molecule has 0 unspecified atom stereocenters. The van der Waals surface area contributed by atoms with Crippen LogP contribution in [0.4, 0.5) is 14.5 Å². The van der Waals surface area contributed by atoms with Gasteiger partial charge in [-0.2, -0.15) is 5.10 Å². The van der Waals surface area contributed by atoms with Gasteiger partial charge in [-0.25, -0.2) is 13.8 Å². The number of benzene rings is 1. The predicted molar refractivity (Wildman–Crippen MR) is 151 cm³/mol. The average Bonchev–Trinajstić information content (AvgIpc) is 3.63. The second kappa shape index (κ2) is 10.2. The number of aromatic amines is 2. The Morgan fingerprint density at radius 3 is 2.66 bits per heavy atom. The van der Waals surface area contributed by atoms with Crippen LogP contribution in [0.3, 0.4) is 0 Å². The maximum absolute atomic E-state index is 16.1. The summed E-state index contributed by atoms with van der Waals surface area (Å²) in [6.07, 6.45) is 12.7. The van der Waals surface area contributed by atoms with Gasteiger partial charge in [0.2, 0.25) is 5.91 Å². The van der Waals surface area contributed by atoms with Crippen molar-refractivity contribution in [2.24, 2.45) is 5.92 Å². The highest BCUT2D eigenvalue weighted by atomic mass is 19.1. The molecule has 0 bridgehead atoms. The van der Waals surface area contributed by atoms with Crippen LogP contribution in [0.5, 0.6) is 0 Å². The summed E-state index contributed by atoms with van der Waals surface area (Å²) in [6, 6.07) is 7.84. The monoisotopic (exact) mass is 550 g/mol. The van der Waals surface area contributed by atoms with Crippen molar-refractivity contribution in [1.29, 1.82) is 0 Å². The summed E-state index contributed by atoms with van der Waals surface area (Å²) in [4.78, 5) is 33.4. The molecule has 1 aliphatic carbocycles. The molecule has 0 saturated heterocycles. The molecule has 1 aliphatic rings. The number of H-pyrrole nitrogens is 2. The Morgan fingerprint density at radius 1 is 0.951 bits per heavy atom. The number of halogens is 2. The lowest BCUT2D eigenvalue weighted by Gasteiger charge is -2.20. The fraction of sp³-hybridized carbons (Fsp3) is 0.200. The predicted octanol–water partition coefficient (Wildman–Crippen LogP) is 6.42. The van der Waals surface area contributed by atoms with Gasteiger partial charge in [0.25, 0.3) is 0 Å². The molecule has 6 aromatic rings. The van der Waals surface area contributed by atoms with E-state index in [1.54, 1.807) is 36.8 Å². The summed E-state index contributed by atoms with van der Waals surface area (Å²) in [6.45, 7) is 0. The van der Waals surface area contributed by atoms with Crippen LogP contribution in [0.2, 0.25) is 0 Å². The van der Waals surface area contributed by atoms with E-state index in [9.17, 15) is 9.18 Å². The number of nitrogens with one attached hydrogen (secondary N) is 3. The van der Waals surface area contributed by atoms with Gasteiger partial charge in [0, 0.05) is 29.4 Å². The summed E-state index contributed by atoms with van der Waals surface area (Å²) in [5.74, 6) is -0.693. The highest BCUT2D eigenvalue weighted by Gasteiger charge is 2.23. The lowest BCUT2D eigenvalue weighted by Crippen LogP contribution is -2.24. The van der Waals surface area contributed by atoms with Crippen LogP contribution < -0.4 is 5.32 Å². The number of hydrogen-bond acceptors (Lipinski definition) is 6. The number of aromatic nitrogens is 7. The highest BCUT2D eigenvalue weighted by molar-refractivity contribution is 5.98.